The Bertz CT molecular complexity index is 475. The molecule has 6 heteroatoms. The molecule has 1 aromatic carbocycles. The number of nitrogens with one attached hydrogen (secondary N) is 2. The Balaban J connectivity index is 2.66. The maximum absolute atomic E-state index is 11.7. The lowest BCUT2D eigenvalue weighted by Crippen LogP contribution is -2.27. The summed E-state index contributed by atoms with van der Waals surface area (Å²) in [6, 6.07) is 5.04. The summed E-state index contributed by atoms with van der Waals surface area (Å²) in [4.78, 5) is 22.8. The van der Waals surface area contributed by atoms with Crippen molar-refractivity contribution in [2.75, 3.05) is 11.9 Å². The highest BCUT2D eigenvalue weighted by Crippen LogP contribution is 2.21. The zero-order chi connectivity index (χ0) is 14.4. The molecule has 0 saturated carbocycles. The number of carbonyl (C=O) groups excluding carboxylic acids is 1. The summed E-state index contributed by atoms with van der Waals surface area (Å²) in [6.45, 7) is 4.55. The number of hydrogen-bond acceptors (Lipinski definition) is 3. The van der Waals surface area contributed by atoms with Crippen molar-refractivity contribution < 1.29 is 14.7 Å². The van der Waals surface area contributed by atoms with Crippen molar-refractivity contribution in [2.45, 2.75) is 26.3 Å². The van der Waals surface area contributed by atoms with Gasteiger partial charge in [-0.15, -0.1) is 0 Å². The van der Waals surface area contributed by atoms with Gasteiger partial charge in [0.05, 0.1) is 11.3 Å². The Morgan fingerprint density at radius 2 is 2.05 bits per heavy atom. The molecule has 0 spiro atoms. The molecular formula is C13H17BrN2O3. The smallest absolute Gasteiger partial charge is 0.337 e. The monoisotopic (exact) mass is 328 g/mol. The molecule has 0 aliphatic carbocycles. The van der Waals surface area contributed by atoms with E-state index in [-0.39, 0.29) is 11.5 Å². The van der Waals surface area contributed by atoms with Gasteiger partial charge < -0.3 is 15.7 Å². The molecule has 0 bridgehead atoms. The van der Waals surface area contributed by atoms with Crippen LogP contribution in [-0.2, 0) is 4.79 Å². The standard InChI is InChI=1S/C13H17BrN2O3/c1-8(2)15-6-5-12(17)16-11-4-3-9(14)7-10(11)13(18)19/h3-4,7-8,15H,5-6H2,1-2H3,(H,16,17)(H,18,19). The van der Waals surface area contributed by atoms with Crippen molar-refractivity contribution >= 4 is 33.5 Å². The Morgan fingerprint density at radius 1 is 1.37 bits per heavy atom. The van der Waals surface area contributed by atoms with Gasteiger partial charge in [0.15, 0.2) is 0 Å². The lowest BCUT2D eigenvalue weighted by atomic mass is 10.1. The maximum atomic E-state index is 11.7. The van der Waals surface area contributed by atoms with Crippen molar-refractivity contribution in [3.63, 3.8) is 0 Å². The molecule has 5 nitrogen and oxygen atoms in total. The molecule has 3 N–H and O–H groups in total. The second-order valence-corrected chi connectivity index (χ2v) is 5.32. The van der Waals surface area contributed by atoms with E-state index < -0.39 is 5.97 Å². The molecule has 1 rings (SSSR count). The molecule has 0 atom stereocenters. The second kappa shape index (κ2) is 7.25. The van der Waals surface area contributed by atoms with Crippen LogP contribution < -0.4 is 10.6 Å². The first-order chi connectivity index (χ1) is 8.90. The first-order valence-electron chi connectivity index (χ1n) is 5.96. The van der Waals surface area contributed by atoms with Crippen molar-refractivity contribution in [1.29, 1.82) is 0 Å². The summed E-state index contributed by atoms with van der Waals surface area (Å²) in [5, 5.41) is 14.8. The van der Waals surface area contributed by atoms with Gasteiger partial charge in [0.2, 0.25) is 5.91 Å². The number of anilines is 1. The van der Waals surface area contributed by atoms with E-state index in [0.29, 0.717) is 29.2 Å². The van der Waals surface area contributed by atoms with Crippen molar-refractivity contribution in [2.24, 2.45) is 0 Å². The minimum Gasteiger partial charge on any atom is -0.478 e. The van der Waals surface area contributed by atoms with Gasteiger partial charge in [-0.1, -0.05) is 29.8 Å². The number of rotatable bonds is 6. The summed E-state index contributed by atoms with van der Waals surface area (Å²) in [5.41, 5.74) is 0.379. The Kier molecular flexibility index (Phi) is 5.98. The van der Waals surface area contributed by atoms with Gasteiger partial charge in [-0.25, -0.2) is 4.79 Å². The van der Waals surface area contributed by atoms with E-state index in [1.807, 2.05) is 13.8 Å². The van der Waals surface area contributed by atoms with Gasteiger partial charge >= 0.3 is 5.97 Å². The van der Waals surface area contributed by atoms with E-state index in [4.69, 9.17) is 5.11 Å². The van der Waals surface area contributed by atoms with E-state index in [1.54, 1.807) is 12.1 Å². The molecule has 0 saturated heterocycles. The number of benzene rings is 1. The SMILES string of the molecule is CC(C)NCCC(=O)Nc1ccc(Br)cc1C(=O)O. The molecule has 19 heavy (non-hydrogen) atoms. The highest BCUT2D eigenvalue weighted by atomic mass is 79.9. The minimum absolute atomic E-state index is 0.0690. The molecule has 0 radical (unpaired) electrons. The number of carboxylic acids is 1. The van der Waals surface area contributed by atoms with Gasteiger partial charge in [-0.05, 0) is 18.2 Å². The first-order valence-corrected chi connectivity index (χ1v) is 6.75. The number of carbonyl (C=O) groups is 2. The van der Waals surface area contributed by atoms with Crippen LogP contribution in [0.1, 0.15) is 30.6 Å². The second-order valence-electron chi connectivity index (χ2n) is 4.40. The van der Waals surface area contributed by atoms with Crippen molar-refractivity contribution in [3.05, 3.63) is 28.2 Å². The molecule has 0 fully saturated rings. The van der Waals surface area contributed by atoms with Gasteiger partial charge in [0.25, 0.3) is 0 Å². The minimum atomic E-state index is -1.07. The average Bonchev–Trinajstić information content (AvgIpc) is 2.30. The first kappa shape index (κ1) is 15.7. The van der Waals surface area contributed by atoms with Gasteiger partial charge in [0.1, 0.15) is 0 Å². The summed E-state index contributed by atoms with van der Waals surface area (Å²) in [6.07, 6.45) is 0.299. The third-order valence-electron chi connectivity index (χ3n) is 2.39. The number of amides is 1. The van der Waals surface area contributed by atoms with E-state index in [9.17, 15) is 9.59 Å². The molecule has 1 aromatic rings. The van der Waals surface area contributed by atoms with Gasteiger partial charge in [-0.3, -0.25) is 4.79 Å². The Labute approximate surface area is 120 Å². The van der Waals surface area contributed by atoms with Gasteiger partial charge in [-0.2, -0.15) is 0 Å². The fourth-order valence-electron chi connectivity index (χ4n) is 1.49. The maximum Gasteiger partial charge on any atom is 0.337 e. The lowest BCUT2D eigenvalue weighted by molar-refractivity contribution is -0.116. The van der Waals surface area contributed by atoms with Crippen molar-refractivity contribution in [1.82, 2.24) is 5.32 Å². The largest absolute Gasteiger partial charge is 0.478 e. The van der Waals surface area contributed by atoms with Crippen LogP contribution in [0.15, 0.2) is 22.7 Å². The molecule has 1 amide bonds. The van der Waals surface area contributed by atoms with E-state index in [0.717, 1.165) is 0 Å². The fourth-order valence-corrected chi connectivity index (χ4v) is 1.85. The van der Waals surface area contributed by atoms with E-state index >= 15 is 0 Å². The quantitative estimate of drug-likeness (QED) is 0.749. The lowest BCUT2D eigenvalue weighted by Gasteiger charge is -2.10. The summed E-state index contributed by atoms with van der Waals surface area (Å²) in [7, 11) is 0. The number of halogens is 1. The third-order valence-corrected chi connectivity index (χ3v) is 2.88. The van der Waals surface area contributed by atoms with Crippen molar-refractivity contribution in [3.8, 4) is 0 Å². The molecule has 0 aliphatic heterocycles. The molecule has 0 heterocycles. The van der Waals surface area contributed by atoms with Crippen LogP contribution in [0.25, 0.3) is 0 Å². The Morgan fingerprint density at radius 3 is 2.63 bits per heavy atom. The predicted octanol–water partition coefficient (Wildman–Crippen LogP) is 2.47. The summed E-state index contributed by atoms with van der Waals surface area (Å²) >= 11 is 3.20. The highest BCUT2D eigenvalue weighted by Gasteiger charge is 2.12. The van der Waals surface area contributed by atoms with Crippen LogP contribution in [0.5, 0.6) is 0 Å². The Hall–Kier alpha value is -1.40. The van der Waals surface area contributed by atoms with Crippen LogP contribution in [0.3, 0.4) is 0 Å². The topological polar surface area (TPSA) is 78.4 Å². The normalized spacial score (nSPS) is 10.5. The number of carboxylic acid groups (broad SMARTS) is 1. The van der Waals surface area contributed by atoms with Gasteiger partial charge in [0, 0.05) is 23.5 Å². The number of hydrogen-bond donors (Lipinski definition) is 3. The van der Waals surface area contributed by atoms with Crippen LogP contribution in [0, 0.1) is 0 Å². The molecular weight excluding hydrogens is 312 g/mol. The number of aromatic carboxylic acids is 1. The van der Waals surface area contributed by atoms with E-state index in [2.05, 4.69) is 26.6 Å². The van der Waals surface area contributed by atoms with Crippen LogP contribution >= 0.6 is 15.9 Å². The summed E-state index contributed by atoms with van der Waals surface area (Å²) < 4.78 is 0.657. The molecule has 0 aliphatic rings. The third kappa shape index (κ3) is 5.40. The van der Waals surface area contributed by atoms with Crippen LogP contribution in [-0.4, -0.2) is 29.6 Å². The predicted molar refractivity (Wildman–Crippen MR) is 77.5 cm³/mol. The molecule has 0 unspecified atom stereocenters. The fraction of sp³-hybridized carbons (Fsp3) is 0.385. The van der Waals surface area contributed by atoms with E-state index in [1.165, 1.54) is 6.07 Å². The molecule has 0 aromatic heterocycles. The average molecular weight is 329 g/mol. The molecule has 104 valence electrons. The van der Waals surface area contributed by atoms with Crippen LogP contribution in [0.2, 0.25) is 0 Å². The summed E-state index contributed by atoms with van der Waals surface area (Å²) in [5.74, 6) is -1.28. The highest BCUT2D eigenvalue weighted by molar-refractivity contribution is 9.10. The van der Waals surface area contributed by atoms with Crippen LogP contribution in [0.4, 0.5) is 5.69 Å². The zero-order valence-electron chi connectivity index (χ0n) is 10.9. The zero-order valence-corrected chi connectivity index (χ0v) is 12.5.